The van der Waals surface area contributed by atoms with E-state index in [1.165, 1.54) is 4.90 Å². The van der Waals surface area contributed by atoms with Gasteiger partial charge in [0.15, 0.2) is 0 Å². The molecule has 0 spiro atoms. The Morgan fingerprint density at radius 3 is 2.65 bits per heavy atom. The lowest BCUT2D eigenvalue weighted by Crippen LogP contribution is -2.46. The summed E-state index contributed by atoms with van der Waals surface area (Å²) in [7, 11) is 0. The zero-order valence-corrected chi connectivity index (χ0v) is 20.4. The quantitative estimate of drug-likeness (QED) is 0.468. The first-order chi connectivity index (χ1) is 16.4. The van der Waals surface area contributed by atoms with Crippen LogP contribution >= 0.6 is 23.2 Å². The predicted molar refractivity (Wildman–Crippen MR) is 135 cm³/mol. The summed E-state index contributed by atoms with van der Waals surface area (Å²) in [5.41, 5.74) is 2.50. The summed E-state index contributed by atoms with van der Waals surface area (Å²) in [5.74, 6) is 0.0240. The molecule has 0 saturated heterocycles. The van der Waals surface area contributed by atoms with E-state index in [0.29, 0.717) is 38.3 Å². The van der Waals surface area contributed by atoms with Gasteiger partial charge in [0.25, 0.3) is 5.91 Å². The lowest BCUT2D eigenvalue weighted by Gasteiger charge is -2.26. The Morgan fingerprint density at radius 2 is 1.94 bits per heavy atom. The van der Waals surface area contributed by atoms with Crippen LogP contribution in [-0.2, 0) is 16.1 Å². The monoisotopic (exact) mass is 497 g/mol. The largest absolute Gasteiger partial charge is 0.467 e. The van der Waals surface area contributed by atoms with Crippen molar-refractivity contribution in [3.63, 3.8) is 0 Å². The highest BCUT2D eigenvalue weighted by Gasteiger charge is 2.36. The summed E-state index contributed by atoms with van der Waals surface area (Å²) < 4.78 is 5.28. The minimum Gasteiger partial charge on any atom is -0.467 e. The van der Waals surface area contributed by atoms with Crippen LogP contribution in [0.1, 0.15) is 37.2 Å². The summed E-state index contributed by atoms with van der Waals surface area (Å²) in [6.07, 6.45) is 2.29. The van der Waals surface area contributed by atoms with Crippen molar-refractivity contribution in [3.05, 3.63) is 87.8 Å². The molecule has 0 bridgehead atoms. The third-order valence-corrected chi connectivity index (χ3v) is 6.51. The van der Waals surface area contributed by atoms with Crippen molar-refractivity contribution in [1.82, 2.24) is 5.32 Å². The zero-order chi connectivity index (χ0) is 24.2. The van der Waals surface area contributed by atoms with E-state index in [4.69, 9.17) is 32.6 Å². The maximum atomic E-state index is 13.8. The highest BCUT2D eigenvalue weighted by atomic mass is 35.5. The molecule has 34 heavy (non-hydrogen) atoms. The molecule has 0 aliphatic carbocycles. The topological polar surface area (TPSA) is 74.9 Å². The van der Waals surface area contributed by atoms with Crippen molar-refractivity contribution in [1.29, 1.82) is 0 Å². The van der Waals surface area contributed by atoms with Crippen molar-refractivity contribution in [2.24, 2.45) is 10.9 Å². The number of hydrogen-bond donors (Lipinski definition) is 1. The molecular weight excluding hydrogens is 473 g/mol. The first-order valence-electron chi connectivity index (χ1n) is 11.1. The number of benzene rings is 2. The molecule has 0 saturated carbocycles. The Kier molecular flexibility index (Phi) is 7.39. The van der Waals surface area contributed by atoms with Crippen LogP contribution in [0, 0.1) is 5.92 Å². The van der Waals surface area contributed by atoms with Gasteiger partial charge in [-0.05, 0) is 42.3 Å². The molecule has 8 heteroatoms. The highest BCUT2D eigenvalue weighted by molar-refractivity contribution is 6.37. The summed E-state index contributed by atoms with van der Waals surface area (Å²) >= 11 is 12.9. The number of amides is 2. The van der Waals surface area contributed by atoms with Crippen LogP contribution in [0.25, 0.3) is 0 Å². The average Bonchev–Trinajstić information content (AvgIpc) is 3.32. The highest BCUT2D eigenvalue weighted by Crippen LogP contribution is 2.34. The van der Waals surface area contributed by atoms with E-state index in [9.17, 15) is 9.59 Å². The molecule has 2 amide bonds. The molecule has 2 heterocycles. The number of fused-ring (bicyclic) bond motifs is 1. The van der Waals surface area contributed by atoms with Crippen LogP contribution in [0.2, 0.25) is 10.0 Å². The fourth-order valence-corrected chi connectivity index (χ4v) is 4.30. The number of benzodiazepines with no additional fused rings is 1. The van der Waals surface area contributed by atoms with Gasteiger partial charge < -0.3 is 14.6 Å². The van der Waals surface area contributed by atoms with Gasteiger partial charge in [0, 0.05) is 21.2 Å². The average molecular weight is 498 g/mol. The normalized spacial score (nSPS) is 16.5. The van der Waals surface area contributed by atoms with Crippen molar-refractivity contribution in [3.8, 4) is 0 Å². The lowest BCUT2D eigenvalue weighted by molar-refractivity contribution is -0.125. The maximum absolute atomic E-state index is 13.8. The molecule has 3 aromatic rings. The molecule has 6 nitrogen and oxygen atoms in total. The molecule has 1 N–H and O–H groups in total. The van der Waals surface area contributed by atoms with Gasteiger partial charge in [0.2, 0.25) is 5.91 Å². The van der Waals surface area contributed by atoms with Crippen LogP contribution in [0.4, 0.5) is 5.69 Å². The Hall–Kier alpha value is -3.09. The van der Waals surface area contributed by atoms with E-state index in [2.05, 4.69) is 5.32 Å². The van der Waals surface area contributed by atoms with Gasteiger partial charge in [-0.15, -0.1) is 0 Å². The van der Waals surface area contributed by atoms with Crippen LogP contribution in [0.3, 0.4) is 0 Å². The molecule has 2 aromatic carbocycles. The van der Waals surface area contributed by atoms with Gasteiger partial charge in [-0.25, -0.2) is 0 Å². The van der Waals surface area contributed by atoms with Crippen LogP contribution in [-0.4, -0.2) is 30.1 Å². The molecule has 2 atom stereocenters. The van der Waals surface area contributed by atoms with Crippen LogP contribution in [0.5, 0.6) is 0 Å². The molecule has 1 aromatic heterocycles. The van der Waals surface area contributed by atoms with Crippen molar-refractivity contribution in [2.75, 3.05) is 11.4 Å². The van der Waals surface area contributed by atoms with E-state index < -0.39 is 6.04 Å². The standard InChI is InChI=1S/C26H25Cl2N3O3/c1-3-16(2)24-26(33)31(15-23(32)29-14-18-7-6-12-34-18)22-11-10-17(27)13-20(22)25(30-24)19-8-4-5-9-21(19)28/h4-13,16,24H,3,14-15H2,1-2H3,(H,29,32). The minimum atomic E-state index is -0.680. The fraction of sp³-hybridized carbons (Fsp3) is 0.269. The van der Waals surface area contributed by atoms with E-state index in [0.717, 1.165) is 6.42 Å². The number of nitrogens with zero attached hydrogens (tertiary/aromatic N) is 2. The Labute approximate surface area is 208 Å². The van der Waals surface area contributed by atoms with Crippen LogP contribution in [0.15, 0.2) is 70.3 Å². The van der Waals surface area contributed by atoms with E-state index in [-0.39, 0.29) is 30.8 Å². The lowest BCUT2D eigenvalue weighted by atomic mass is 9.97. The molecule has 2 unspecified atom stereocenters. The number of rotatable bonds is 7. The molecule has 176 valence electrons. The second kappa shape index (κ2) is 10.5. The molecular formula is C26H25Cl2N3O3. The minimum absolute atomic E-state index is 0.0524. The predicted octanol–water partition coefficient (Wildman–Crippen LogP) is 5.50. The Balaban J connectivity index is 1.77. The second-order valence-electron chi connectivity index (χ2n) is 8.23. The van der Waals surface area contributed by atoms with Crippen molar-refractivity contribution in [2.45, 2.75) is 32.9 Å². The zero-order valence-electron chi connectivity index (χ0n) is 18.9. The van der Waals surface area contributed by atoms with E-state index >= 15 is 0 Å². The third kappa shape index (κ3) is 5.03. The fourth-order valence-electron chi connectivity index (χ4n) is 3.90. The number of aliphatic imine (C=N–C) groups is 1. The van der Waals surface area contributed by atoms with Crippen molar-refractivity contribution >= 4 is 46.4 Å². The number of halogens is 2. The van der Waals surface area contributed by atoms with Gasteiger partial charge in [-0.3, -0.25) is 14.6 Å². The van der Waals surface area contributed by atoms with Gasteiger partial charge in [0.05, 0.1) is 24.2 Å². The van der Waals surface area contributed by atoms with E-state index in [1.54, 1.807) is 42.7 Å². The van der Waals surface area contributed by atoms with Gasteiger partial charge in [0.1, 0.15) is 18.3 Å². The Bertz CT molecular complexity index is 1220. The number of furan rings is 1. The molecule has 4 rings (SSSR count). The summed E-state index contributed by atoms with van der Waals surface area (Å²) in [4.78, 5) is 33.1. The summed E-state index contributed by atoms with van der Waals surface area (Å²) in [6, 6.07) is 15.4. The van der Waals surface area contributed by atoms with Gasteiger partial charge in [-0.2, -0.15) is 0 Å². The molecule has 0 fully saturated rings. The Morgan fingerprint density at radius 1 is 1.15 bits per heavy atom. The molecule has 1 aliphatic rings. The maximum Gasteiger partial charge on any atom is 0.252 e. The smallest absolute Gasteiger partial charge is 0.252 e. The van der Waals surface area contributed by atoms with Crippen LogP contribution < -0.4 is 10.2 Å². The third-order valence-electron chi connectivity index (χ3n) is 5.95. The summed E-state index contributed by atoms with van der Waals surface area (Å²) in [6.45, 7) is 4.07. The second-order valence-corrected chi connectivity index (χ2v) is 9.07. The van der Waals surface area contributed by atoms with Crippen molar-refractivity contribution < 1.29 is 14.0 Å². The number of hydrogen-bond acceptors (Lipinski definition) is 4. The molecule has 1 aliphatic heterocycles. The van der Waals surface area contributed by atoms with Gasteiger partial charge >= 0.3 is 0 Å². The first-order valence-corrected chi connectivity index (χ1v) is 11.9. The van der Waals surface area contributed by atoms with E-state index in [1.807, 2.05) is 32.0 Å². The molecule has 0 radical (unpaired) electrons. The number of anilines is 1. The number of carbonyl (C=O) groups is 2. The first kappa shape index (κ1) is 24.0. The number of carbonyl (C=O) groups excluding carboxylic acids is 2. The summed E-state index contributed by atoms with van der Waals surface area (Å²) in [5, 5.41) is 3.83. The SMILES string of the molecule is CCC(C)C1N=C(c2ccccc2Cl)c2cc(Cl)ccc2N(CC(=O)NCc2ccco2)C1=O. The number of nitrogens with one attached hydrogen (secondary N) is 1. The van der Waals surface area contributed by atoms with Gasteiger partial charge in [-0.1, -0.05) is 61.7 Å².